The molecule has 0 aromatic carbocycles. The Bertz CT molecular complexity index is 668. The van der Waals surface area contributed by atoms with Crippen LogP contribution in [0, 0.1) is 5.92 Å². The predicted octanol–water partition coefficient (Wildman–Crippen LogP) is 10.2. The van der Waals surface area contributed by atoms with E-state index in [0.29, 0.717) is 0 Å². The molecule has 0 heterocycles. The molecule has 0 aromatic rings. The van der Waals surface area contributed by atoms with Crippen LogP contribution in [-0.2, 0) is 14.6 Å². The minimum Gasteiger partial charge on any atom is -0.726 e. The van der Waals surface area contributed by atoms with Gasteiger partial charge in [-0.15, -0.1) is 0 Å². The zero-order valence-corrected chi connectivity index (χ0v) is 32.9. The molecule has 0 amide bonds. The van der Waals surface area contributed by atoms with E-state index in [1.807, 2.05) is 0 Å². The van der Waals surface area contributed by atoms with E-state index < -0.39 is 10.4 Å². The van der Waals surface area contributed by atoms with Crippen LogP contribution in [-0.4, -0.2) is 19.6 Å². The van der Waals surface area contributed by atoms with Crippen molar-refractivity contribution in [3.63, 3.8) is 0 Å². The summed E-state index contributed by atoms with van der Waals surface area (Å²) in [6, 6.07) is 0. The van der Waals surface area contributed by atoms with Crippen molar-refractivity contribution in [2.75, 3.05) is 6.61 Å². The van der Waals surface area contributed by atoms with E-state index >= 15 is 0 Å². The van der Waals surface area contributed by atoms with Gasteiger partial charge in [-0.1, -0.05) is 212 Å². The molecule has 0 fully saturated rings. The quantitative estimate of drug-likeness (QED) is 0.0223. The first-order chi connectivity index (χ1) is 21.0. The van der Waals surface area contributed by atoms with Crippen molar-refractivity contribution in [3.8, 4) is 0 Å². The van der Waals surface area contributed by atoms with Crippen LogP contribution in [0.25, 0.3) is 0 Å². The molecule has 6 heteroatoms. The van der Waals surface area contributed by atoms with E-state index in [-0.39, 0.29) is 42.1 Å². The normalized spacial score (nSPS) is 12.6. The second-order valence-corrected chi connectivity index (χ2v) is 14.4. The van der Waals surface area contributed by atoms with Gasteiger partial charge in [0.25, 0.3) is 0 Å². The molecule has 44 heavy (non-hydrogen) atoms. The van der Waals surface area contributed by atoms with E-state index in [1.165, 1.54) is 186 Å². The van der Waals surface area contributed by atoms with E-state index in [9.17, 15) is 13.0 Å². The summed E-state index contributed by atoms with van der Waals surface area (Å²) < 4.78 is 37.6. The standard InChI is InChI=1S/C38H76O4S.Na/c1-3-5-7-9-11-13-15-17-19-21-23-25-27-29-31-33-35-38(37-42-43(39,40)41)36-34-32-30-28-26-24-22-20-18-16-14-12-10-8-6-4-2;/h33,35,38H,3-32,34,36-37H2,1-2H3,(H,39,40,41);/q;+1/p-1/b35-33+;. The molecule has 258 valence electrons. The Balaban J connectivity index is 0. The maximum absolute atomic E-state index is 11.0. The zero-order chi connectivity index (χ0) is 31.5. The van der Waals surface area contributed by atoms with Gasteiger partial charge in [0.05, 0.1) is 6.61 Å². The van der Waals surface area contributed by atoms with Crippen molar-refractivity contribution in [1.82, 2.24) is 0 Å². The Kier molecular flexibility index (Phi) is 40.4. The molecule has 0 rings (SSSR count). The molecule has 4 nitrogen and oxygen atoms in total. The van der Waals surface area contributed by atoms with Gasteiger partial charge in [-0.2, -0.15) is 0 Å². The summed E-state index contributed by atoms with van der Waals surface area (Å²) in [7, 11) is -4.62. The topological polar surface area (TPSA) is 66.4 Å². The summed E-state index contributed by atoms with van der Waals surface area (Å²) in [4.78, 5) is 0. The second-order valence-electron chi connectivity index (χ2n) is 13.4. The van der Waals surface area contributed by atoms with Crippen molar-refractivity contribution in [2.45, 2.75) is 219 Å². The van der Waals surface area contributed by atoms with Gasteiger partial charge in [0.1, 0.15) is 0 Å². The third kappa shape index (κ3) is 40.6. The summed E-state index contributed by atoms with van der Waals surface area (Å²) in [5.41, 5.74) is 0. The number of hydrogen-bond donors (Lipinski definition) is 0. The van der Waals surface area contributed by atoms with Crippen LogP contribution >= 0.6 is 0 Å². The van der Waals surface area contributed by atoms with Crippen LogP contribution in [0.15, 0.2) is 12.2 Å². The van der Waals surface area contributed by atoms with Crippen LogP contribution in [0.2, 0.25) is 0 Å². The first-order valence-electron chi connectivity index (χ1n) is 19.3. The smallest absolute Gasteiger partial charge is 0.726 e. The van der Waals surface area contributed by atoms with Gasteiger partial charge >= 0.3 is 29.6 Å². The first kappa shape index (κ1) is 46.7. The Labute approximate surface area is 299 Å². The van der Waals surface area contributed by atoms with Gasteiger partial charge in [0, 0.05) is 5.92 Å². The fourth-order valence-corrected chi connectivity index (χ4v) is 6.45. The predicted molar refractivity (Wildman–Crippen MR) is 187 cm³/mol. The van der Waals surface area contributed by atoms with Gasteiger partial charge < -0.3 is 4.55 Å². The zero-order valence-electron chi connectivity index (χ0n) is 30.1. The Morgan fingerprint density at radius 2 is 0.795 bits per heavy atom. The van der Waals surface area contributed by atoms with Crippen molar-refractivity contribution < 1.29 is 46.7 Å². The Morgan fingerprint density at radius 1 is 0.500 bits per heavy atom. The second kappa shape index (κ2) is 38.1. The minimum atomic E-state index is -4.62. The van der Waals surface area contributed by atoms with Gasteiger partial charge in [-0.05, 0) is 19.3 Å². The average Bonchev–Trinajstić information content (AvgIpc) is 2.98. The van der Waals surface area contributed by atoms with Gasteiger partial charge in [0.15, 0.2) is 0 Å². The Morgan fingerprint density at radius 3 is 1.11 bits per heavy atom. The van der Waals surface area contributed by atoms with Crippen LogP contribution in [0.1, 0.15) is 219 Å². The molecule has 0 radical (unpaired) electrons. The van der Waals surface area contributed by atoms with Crippen LogP contribution < -0.4 is 29.6 Å². The summed E-state index contributed by atoms with van der Waals surface area (Å²) in [5.74, 6) is 0.0158. The molecular weight excluding hydrogens is 575 g/mol. The van der Waals surface area contributed by atoms with Crippen LogP contribution in [0.5, 0.6) is 0 Å². The van der Waals surface area contributed by atoms with Gasteiger partial charge in [-0.3, -0.25) is 4.18 Å². The molecule has 0 saturated carbocycles. The number of hydrogen-bond acceptors (Lipinski definition) is 4. The van der Waals surface area contributed by atoms with Crippen LogP contribution in [0.4, 0.5) is 0 Å². The molecule has 1 atom stereocenters. The van der Waals surface area contributed by atoms with Crippen molar-refractivity contribution >= 4 is 10.4 Å². The molecule has 0 aliphatic heterocycles. The molecule has 0 aliphatic rings. The summed E-state index contributed by atoms with van der Waals surface area (Å²) in [6.07, 6.45) is 46.8. The molecule has 0 bridgehead atoms. The fraction of sp³-hybridized carbons (Fsp3) is 0.947. The summed E-state index contributed by atoms with van der Waals surface area (Å²) >= 11 is 0. The van der Waals surface area contributed by atoms with E-state index in [2.05, 4.69) is 30.2 Å². The van der Waals surface area contributed by atoms with E-state index in [4.69, 9.17) is 0 Å². The third-order valence-electron chi connectivity index (χ3n) is 8.99. The maximum Gasteiger partial charge on any atom is 1.00 e. The molecular formula is C38H75NaO4S. The SMILES string of the molecule is CCCCCCCCCCCCCCCC/C=C/C(CCCCCCCCCCCCCCCCCC)COS(=O)(=O)[O-].[Na+]. The van der Waals surface area contributed by atoms with Gasteiger partial charge in [-0.25, -0.2) is 8.42 Å². The minimum absolute atomic E-state index is 0. The van der Waals surface area contributed by atoms with Crippen molar-refractivity contribution in [2.24, 2.45) is 5.92 Å². The first-order valence-corrected chi connectivity index (χ1v) is 20.6. The fourth-order valence-electron chi connectivity index (χ4n) is 6.11. The molecule has 0 saturated heterocycles. The molecule has 0 N–H and O–H groups in total. The summed E-state index contributed by atoms with van der Waals surface area (Å²) in [5, 5.41) is 0. The molecule has 1 unspecified atom stereocenters. The summed E-state index contributed by atoms with van der Waals surface area (Å²) in [6.45, 7) is 4.54. The largest absolute Gasteiger partial charge is 1.00 e. The number of unbranched alkanes of at least 4 members (excludes halogenated alkanes) is 29. The monoisotopic (exact) mass is 651 g/mol. The van der Waals surface area contributed by atoms with E-state index in [1.54, 1.807) is 0 Å². The third-order valence-corrected chi connectivity index (χ3v) is 9.41. The van der Waals surface area contributed by atoms with Gasteiger partial charge in [0.2, 0.25) is 10.4 Å². The van der Waals surface area contributed by atoms with Crippen molar-refractivity contribution in [1.29, 1.82) is 0 Å². The molecule has 0 aliphatic carbocycles. The van der Waals surface area contributed by atoms with Crippen molar-refractivity contribution in [3.05, 3.63) is 12.2 Å². The molecule has 0 aromatic heterocycles. The van der Waals surface area contributed by atoms with Crippen LogP contribution in [0.3, 0.4) is 0 Å². The number of allylic oxidation sites excluding steroid dienone is 1. The number of rotatable bonds is 36. The molecule has 0 spiro atoms. The Hall–Kier alpha value is 0.610. The average molecular weight is 651 g/mol. The van der Waals surface area contributed by atoms with E-state index in [0.717, 1.165) is 19.3 Å². The maximum atomic E-state index is 11.0.